The van der Waals surface area contributed by atoms with Gasteiger partial charge in [-0.1, -0.05) is 13.8 Å². The van der Waals surface area contributed by atoms with Gasteiger partial charge < -0.3 is 20.1 Å². The summed E-state index contributed by atoms with van der Waals surface area (Å²) in [7, 11) is 1.40. The average molecular weight is 246 g/mol. The zero-order valence-corrected chi connectivity index (χ0v) is 10.7. The zero-order chi connectivity index (χ0) is 13.3. The number of carbonyl (C=O) groups is 2. The highest BCUT2D eigenvalue weighted by molar-refractivity contribution is 5.82. The summed E-state index contributed by atoms with van der Waals surface area (Å²) in [6.45, 7) is 5.16. The Kier molecular flexibility index (Phi) is 8.13. The summed E-state index contributed by atoms with van der Waals surface area (Å²) < 4.78 is 4.75. The molecule has 0 saturated carbocycles. The summed E-state index contributed by atoms with van der Waals surface area (Å²) in [5.41, 5.74) is 0. The molecule has 0 aromatic heterocycles. The molecule has 0 saturated heterocycles. The Morgan fingerprint density at radius 2 is 1.82 bits per heavy atom. The Morgan fingerprint density at radius 1 is 1.29 bits per heavy atom. The van der Waals surface area contributed by atoms with Gasteiger partial charge in [0, 0.05) is 20.2 Å². The Morgan fingerprint density at radius 3 is 2.18 bits per heavy atom. The molecule has 17 heavy (non-hydrogen) atoms. The second-order valence-electron chi connectivity index (χ2n) is 3.78. The van der Waals surface area contributed by atoms with Gasteiger partial charge in [-0.2, -0.15) is 0 Å². The Labute approximate surface area is 102 Å². The normalized spacial score (nSPS) is 11.9. The topological polar surface area (TPSA) is 78.9 Å². The van der Waals surface area contributed by atoms with Gasteiger partial charge in [0.1, 0.15) is 0 Å². The van der Waals surface area contributed by atoms with Crippen LogP contribution >= 0.6 is 0 Å². The third kappa shape index (κ3) is 6.11. The molecule has 0 rings (SSSR count). The number of hydrogen-bond donors (Lipinski definition) is 2. The number of carboxylic acids is 1. The van der Waals surface area contributed by atoms with Gasteiger partial charge >= 0.3 is 12.0 Å². The molecule has 2 N–H and O–H groups in total. The number of rotatable bonds is 8. The van der Waals surface area contributed by atoms with Crippen molar-refractivity contribution in [3.05, 3.63) is 0 Å². The number of nitrogens with one attached hydrogen (secondary N) is 1. The van der Waals surface area contributed by atoms with Gasteiger partial charge in [-0.05, 0) is 12.8 Å². The van der Waals surface area contributed by atoms with E-state index < -0.39 is 12.0 Å². The summed E-state index contributed by atoms with van der Waals surface area (Å²) in [6, 6.07) is -1.35. The maximum absolute atomic E-state index is 11.8. The van der Waals surface area contributed by atoms with Crippen molar-refractivity contribution >= 4 is 12.0 Å². The summed E-state index contributed by atoms with van der Waals surface area (Å²) >= 11 is 0. The number of carboxylic acid groups (broad SMARTS) is 1. The van der Waals surface area contributed by atoms with E-state index in [1.807, 2.05) is 13.8 Å². The maximum Gasteiger partial charge on any atom is 0.328 e. The van der Waals surface area contributed by atoms with E-state index in [-0.39, 0.29) is 12.6 Å². The van der Waals surface area contributed by atoms with Gasteiger partial charge in [-0.3, -0.25) is 0 Å². The highest BCUT2D eigenvalue weighted by atomic mass is 16.5. The van der Waals surface area contributed by atoms with Crippen LogP contribution in [0.1, 0.15) is 26.7 Å². The molecule has 1 unspecified atom stereocenters. The molecule has 6 nitrogen and oxygen atoms in total. The van der Waals surface area contributed by atoms with Crippen LogP contribution < -0.4 is 5.32 Å². The van der Waals surface area contributed by atoms with Crippen molar-refractivity contribution in [3.63, 3.8) is 0 Å². The van der Waals surface area contributed by atoms with Crippen molar-refractivity contribution in [3.8, 4) is 0 Å². The fraction of sp³-hybridized carbons (Fsp3) is 0.818. The first-order chi connectivity index (χ1) is 8.06. The predicted octanol–water partition coefficient (Wildman–Crippen LogP) is 0.918. The van der Waals surface area contributed by atoms with Crippen LogP contribution in [0.25, 0.3) is 0 Å². The minimum absolute atomic E-state index is 0.0346. The standard InChI is InChI=1S/C11H22N2O4/c1-4-6-13(7-5-2)11(16)12-9(8-17-3)10(14)15/h9H,4-8H2,1-3H3,(H,12,16)(H,14,15). The highest BCUT2D eigenvalue weighted by Crippen LogP contribution is 1.97. The molecule has 0 heterocycles. The quantitative estimate of drug-likeness (QED) is 0.667. The van der Waals surface area contributed by atoms with Gasteiger partial charge in [0.2, 0.25) is 0 Å². The van der Waals surface area contributed by atoms with E-state index in [2.05, 4.69) is 5.32 Å². The fourth-order valence-electron chi connectivity index (χ4n) is 1.44. The number of hydrogen-bond acceptors (Lipinski definition) is 3. The lowest BCUT2D eigenvalue weighted by atomic mass is 10.3. The fourth-order valence-corrected chi connectivity index (χ4v) is 1.44. The largest absolute Gasteiger partial charge is 0.480 e. The van der Waals surface area contributed by atoms with E-state index in [1.165, 1.54) is 7.11 Å². The molecule has 0 spiro atoms. The molecule has 2 amide bonds. The molecule has 0 aromatic rings. The Bertz CT molecular complexity index is 240. The van der Waals surface area contributed by atoms with Gasteiger partial charge in [-0.15, -0.1) is 0 Å². The number of nitrogens with zero attached hydrogens (tertiary/aromatic N) is 1. The zero-order valence-electron chi connectivity index (χ0n) is 10.7. The number of ether oxygens (including phenoxy) is 1. The highest BCUT2D eigenvalue weighted by Gasteiger charge is 2.22. The molecule has 1 atom stereocenters. The summed E-state index contributed by atoms with van der Waals surface area (Å²) in [4.78, 5) is 24.3. The van der Waals surface area contributed by atoms with Gasteiger partial charge in [0.15, 0.2) is 6.04 Å². The summed E-state index contributed by atoms with van der Waals surface area (Å²) in [5.74, 6) is -1.09. The Hall–Kier alpha value is -1.30. The number of amides is 2. The minimum Gasteiger partial charge on any atom is -0.480 e. The Balaban J connectivity index is 4.38. The van der Waals surface area contributed by atoms with Crippen molar-refractivity contribution in [2.45, 2.75) is 32.7 Å². The van der Waals surface area contributed by atoms with E-state index in [4.69, 9.17) is 9.84 Å². The molecule has 0 fully saturated rings. The third-order valence-corrected chi connectivity index (χ3v) is 2.20. The third-order valence-electron chi connectivity index (χ3n) is 2.20. The molecule has 0 radical (unpaired) electrons. The monoisotopic (exact) mass is 246 g/mol. The molecular formula is C11H22N2O4. The van der Waals surface area contributed by atoms with Crippen LogP contribution in [0.3, 0.4) is 0 Å². The van der Waals surface area contributed by atoms with Crippen LogP contribution in [0.5, 0.6) is 0 Å². The minimum atomic E-state index is -1.09. The average Bonchev–Trinajstić information content (AvgIpc) is 2.28. The molecule has 0 aliphatic rings. The van der Waals surface area contributed by atoms with Gasteiger partial charge in [-0.25, -0.2) is 9.59 Å². The second kappa shape index (κ2) is 8.81. The maximum atomic E-state index is 11.8. The van der Waals surface area contributed by atoms with E-state index >= 15 is 0 Å². The van der Waals surface area contributed by atoms with Crippen LogP contribution in [0.2, 0.25) is 0 Å². The first-order valence-electron chi connectivity index (χ1n) is 5.83. The SMILES string of the molecule is CCCN(CCC)C(=O)NC(COC)C(=O)O. The second-order valence-corrected chi connectivity index (χ2v) is 3.78. The van der Waals surface area contributed by atoms with Crippen molar-refractivity contribution in [2.75, 3.05) is 26.8 Å². The number of aliphatic carboxylic acids is 1. The summed E-state index contributed by atoms with van der Waals surface area (Å²) in [6.07, 6.45) is 1.69. The first-order valence-corrected chi connectivity index (χ1v) is 5.83. The van der Waals surface area contributed by atoms with Crippen molar-refractivity contribution in [1.82, 2.24) is 10.2 Å². The van der Waals surface area contributed by atoms with Gasteiger partial charge in [0.05, 0.1) is 6.61 Å². The van der Waals surface area contributed by atoms with Gasteiger partial charge in [0.25, 0.3) is 0 Å². The smallest absolute Gasteiger partial charge is 0.328 e. The lowest BCUT2D eigenvalue weighted by Crippen LogP contribution is -2.50. The number of methoxy groups -OCH3 is 1. The molecular weight excluding hydrogens is 224 g/mol. The molecule has 100 valence electrons. The lowest BCUT2D eigenvalue weighted by Gasteiger charge is -2.24. The summed E-state index contributed by atoms with van der Waals surface area (Å²) in [5, 5.41) is 11.3. The molecule has 0 aliphatic carbocycles. The van der Waals surface area contributed by atoms with Crippen molar-refractivity contribution in [1.29, 1.82) is 0 Å². The van der Waals surface area contributed by atoms with Crippen LogP contribution in [0, 0.1) is 0 Å². The van der Waals surface area contributed by atoms with Crippen LogP contribution in [0.15, 0.2) is 0 Å². The van der Waals surface area contributed by atoms with Crippen LogP contribution in [-0.2, 0) is 9.53 Å². The molecule has 0 aliphatic heterocycles. The molecule has 6 heteroatoms. The van der Waals surface area contributed by atoms with E-state index in [0.29, 0.717) is 13.1 Å². The van der Waals surface area contributed by atoms with Crippen LogP contribution in [-0.4, -0.2) is 54.9 Å². The molecule has 0 aromatic carbocycles. The van der Waals surface area contributed by atoms with Crippen molar-refractivity contribution < 1.29 is 19.4 Å². The van der Waals surface area contributed by atoms with E-state index in [9.17, 15) is 9.59 Å². The first kappa shape index (κ1) is 15.7. The van der Waals surface area contributed by atoms with E-state index in [0.717, 1.165) is 12.8 Å². The number of carbonyl (C=O) groups excluding carboxylic acids is 1. The van der Waals surface area contributed by atoms with Crippen molar-refractivity contribution in [2.24, 2.45) is 0 Å². The lowest BCUT2D eigenvalue weighted by molar-refractivity contribution is -0.140. The van der Waals surface area contributed by atoms with E-state index in [1.54, 1.807) is 4.90 Å². The van der Waals surface area contributed by atoms with Crippen LogP contribution in [0.4, 0.5) is 4.79 Å². The number of urea groups is 1. The molecule has 0 bridgehead atoms. The predicted molar refractivity (Wildman–Crippen MR) is 64.0 cm³/mol.